The number of nitrogens with zero attached hydrogens (tertiary/aromatic N) is 4. The number of aromatic nitrogens is 4. The summed E-state index contributed by atoms with van der Waals surface area (Å²) in [7, 11) is 3.70. The number of nitrogens with two attached hydrogens (primary N) is 1. The highest BCUT2D eigenvalue weighted by Gasteiger charge is 2.30. The van der Waals surface area contributed by atoms with Crippen molar-refractivity contribution in [1.29, 1.82) is 0 Å². The second-order valence-electron chi connectivity index (χ2n) is 7.61. The maximum absolute atomic E-state index is 13.0. The lowest BCUT2D eigenvalue weighted by molar-refractivity contribution is 0.199. The summed E-state index contributed by atoms with van der Waals surface area (Å²) in [6.45, 7) is 0.577. The molecule has 4 aromatic rings. The Morgan fingerprint density at radius 1 is 1.35 bits per heavy atom. The highest BCUT2D eigenvalue weighted by Crippen LogP contribution is 2.45. The second-order valence-corrected chi connectivity index (χ2v) is 11.3. The van der Waals surface area contributed by atoms with Crippen LogP contribution in [0, 0.1) is 0 Å². The molecule has 1 aliphatic rings. The minimum absolute atomic E-state index is 0.511. The first kappa shape index (κ1) is 20.9. The van der Waals surface area contributed by atoms with Gasteiger partial charge in [0.15, 0.2) is 0 Å². The van der Waals surface area contributed by atoms with Crippen LogP contribution in [-0.4, -0.2) is 43.5 Å². The topological polar surface area (TPSA) is 102 Å². The van der Waals surface area contributed by atoms with E-state index in [1.807, 2.05) is 17.6 Å². The van der Waals surface area contributed by atoms with Crippen molar-refractivity contribution < 1.29 is 9.29 Å². The molecule has 0 aliphatic heterocycles. The predicted octanol–water partition coefficient (Wildman–Crippen LogP) is 4.42. The largest absolute Gasteiger partial charge is 0.611 e. The molecule has 4 aromatic heterocycles. The van der Waals surface area contributed by atoms with Gasteiger partial charge in [-0.15, -0.1) is 11.3 Å². The molecule has 1 aliphatic carbocycles. The molecule has 10 heteroatoms. The van der Waals surface area contributed by atoms with E-state index < -0.39 is 11.2 Å². The van der Waals surface area contributed by atoms with Gasteiger partial charge in [0.25, 0.3) is 0 Å². The van der Waals surface area contributed by atoms with Crippen LogP contribution in [0.15, 0.2) is 28.0 Å². The Morgan fingerprint density at radius 3 is 2.90 bits per heavy atom. The lowest BCUT2D eigenvalue weighted by Gasteiger charge is -2.10. The summed E-state index contributed by atoms with van der Waals surface area (Å²) < 4.78 is 20.9. The van der Waals surface area contributed by atoms with Crippen molar-refractivity contribution >= 4 is 49.8 Å². The number of methoxy groups -OCH3 is 1. The van der Waals surface area contributed by atoms with Crippen LogP contribution in [0.1, 0.15) is 31.0 Å². The molecule has 7 nitrogen and oxygen atoms in total. The SMILES string of the molecule is COCCC[S+]([O-])c1sc2nc(-c3nccs3)cc(-c3cnc(C4CC4)n3C)c2c1N. The standard InChI is InChI=1S/C21H23N5O2S3/c1-26-15(11-24-18(26)12-4-5-12)13-10-14(19-23-6-8-29-19)25-20-16(13)17(22)21(30-20)31(27)9-3-7-28-2/h6,8,10-12H,3-5,7,9,22H2,1-2H3. The molecule has 0 bridgehead atoms. The average molecular weight is 474 g/mol. The van der Waals surface area contributed by atoms with Gasteiger partial charge in [0, 0.05) is 49.0 Å². The van der Waals surface area contributed by atoms with Gasteiger partial charge in [-0.2, -0.15) is 0 Å². The van der Waals surface area contributed by atoms with E-state index in [2.05, 4.69) is 16.6 Å². The van der Waals surface area contributed by atoms with E-state index in [4.69, 9.17) is 20.4 Å². The molecule has 31 heavy (non-hydrogen) atoms. The molecular weight excluding hydrogens is 450 g/mol. The monoisotopic (exact) mass is 473 g/mol. The Labute approximate surface area is 191 Å². The Balaban J connectivity index is 1.66. The normalized spacial score (nSPS) is 15.1. The Hall–Kier alpha value is -1.98. The highest BCUT2D eigenvalue weighted by molar-refractivity contribution is 7.93. The lowest BCUT2D eigenvalue weighted by Crippen LogP contribution is -2.09. The molecule has 0 aromatic carbocycles. The summed E-state index contributed by atoms with van der Waals surface area (Å²) >= 11 is 1.76. The number of anilines is 1. The number of fused-ring (bicyclic) bond motifs is 1. The Kier molecular flexibility index (Phi) is 5.74. The minimum atomic E-state index is -1.20. The number of hydrogen-bond acceptors (Lipinski definition) is 8. The molecule has 1 unspecified atom stereocenters. The number of pyridine rings is 1. The molecule has 162 valence electrons. The summed E-state index contributed by atoms with van der Waals surface area (Å²) in [5, 5.41) is 3.64. The van der Waals surface area contributed by atoms with E-state index in [0.29, 0.717) is 34.6 Å². The van der Waals surface area contributed by atoms with Gasteiger partial charge in [-0.25, -0.2) is 15.0 Å². The van der Waals surface area contributed by atoms with Gasteiger partial charge in [-0.05, 0) is 30.1 Å². The molecule has 0 saturated heterocycles. The second kappa shape index (κ2) is 8.51. The van der Waals surface area contributed by atoms with Crippen LogP contribution >= 0.6 is 22.7 Å². The van der Waals surface area contributed by atoms with E-state index in [-0.39, 0.29) is 0 Å². The van der Waals surface area contributed by atoms with Gasteiger partial charge in [0.2, 0.25) is 4.21 Å². The summed E-state index contributed by atoms with van der Waals surface area (Å²) in [5.74, 6) is 2.16. The van der Waals surface area contributed by atoms with Crippen molar-refractivity contribution in [3.8, 4) is 22.0 Å². The summed E-state index contributed by atoms with van der Waals surface area (Å²) in [5.41, 5.74) is 9.89. The zero-order valence-corrected chi connectivity index (χ0v) is 19.8. The smallest absolute Gasteiger partial charge is 0.232 e. The Morgan fingerprint density at radius 2 is 2.19 bits per heavy atom. The van der Waals surface area contributed by atoms with Gasteiger partial charge in [0.1, 0.15) is 32.8 Å². The van der Waals surface area contributed by atoms with Gasteiger partial charge >= 0.3 is 0 Å². The quantitative estimate of drug-likeness (QED) is 0.300. The fourth-order valence-corrected chi connectivity index (χ4v) is 6.98. The van der Waals surface area contributed by atoms with Crippen molar-refractivity contribution in [2.24, 2.45) is 7.05 Å². The van der Waals surface area contributed by atoms with Crippen molar-refractivity contribution in [3.63, 3.8) is 0 Å². The highest BCUT2D eigenvalue weighted by atomic mass is 32.2. The third-order valence-electron chi connectivity index (χ3n) is 5.44. The van der Waals surface area contributed by atoms with Crippen LogP contribution in [0.3, 0.4) is 0 Å². The van der Waals surface area contributed by atoms with E-state index in [1.54, 1.807) is 24.6 Å². The van der Waals surface area contributed by atoms with Crippen molar-refractivity contribution in [1.82, 2.24) is 19.5 Å². The molecular formula is C21H23N5O2S3. The zero-order chi connectivity index (χ0) is 21.5. The van der Waals surface area contributed by atoms with Crippen molar-refractivity contribution in [2.75, 3.05) is 25.2 Å². The number of nitrogen functional groups attached to an aromatic ring is 1. The number of thiophene rings is 1. The fourth-order valence-electron chi connectivity index (χ4n) is 3.75. The number of thiazole rings is 1. The van der Waals surface area contributed by atoms with Crippen LogP contribution < -0.4 is 5.73 Å². The van der Waals surface area contributed by atoms with E-state index >= 15 is 0 Å². The third kappa shape index (κ3) is 3.87. The van der Waals surface area contributed by atoms with E-state index in [1.165, 1.54) is 24.2 Å². The van der Waals surface area contributed by atoms with Crippen LogP contribution in [0.4, 0.5) is 5.69 Å². The van der Waals surface area contributed by atoms with E-state index in [9.17, 15) is 4.55 Å². The van der Waals surface area contributed by atoms with E-state index in [0.717, 1.165) is 38.0 Å². The molecule has 4 heterocycles. The van der Waals surface area contributed by atoms with Crippen molar-refractivity contribution in [3.05, 3.63) is 29.7 Å². The molecule has 0 radical (unpaired) electrons. The average Bonchev–Trinajstić information content (AvgIpc) is 3.17. The zero-order valence-electron chi connectivity index (χ0n) is 17.3. The summed E-state index contributed by atoms with van der Waals surface area (Å²) in [6, 6.07) is 2.04. The molecule has 5 rings (SSSR count). The fraction of sp³-hybridized carbons (Fsp3) is 0.381. The molecule has 2 N–H and O–H groups in total. The van der Waals surface area contributed by atoms with Crippen molar-refractivity contribution in [2.45, 2.75) is 29.4 Å². The maximum atomic E-state index is 13.0. The lowest BCUT2D eigenvalue weighted by atomic mass is 10.1. The number of rotatable bonds is 8. The van der Waals surface area contributed by atoms with Crippen LogP contribution in [-0.2, 0) is 23.0 Å². The molecule has 1 fully saturated rings. The minimum Gasteiger partial charge on any atom is -0.611 e. The summed E-state index contributed by atoms with van der Waals surface area (Å²) in [4.78, 5) is 14.8. The van der Waals surface area contributed by atoms with Gasteiger partial charge < -0.3 is 19.6 Å². The third-order valence-corrected chi connectivity index (χ3v) is 9.23. The van der Waals surface area contributed by atoms with Crippen LogP contribution in [0.5, 0.6) is 0 Å². The first-order valence-corrected chi connectivity index (χ1v) is 13.1. The number of hydrogen-bond donors (Lipinski definition) is 1. The predicted molar refractivity (Wildman–Crippen MR) is 127 cm³/mol. The van der Waals surface area contributed by atoms with Crippen LogP contribution in [0.25, 0.3) is 32.2 Å². The first-order chi connectivity index (χ1) is 15.1. The molecule has 0 spiro atoms. The Bertz CT molecular complexity index is 1210. The first-order valence-electron chi connectivity index (χ1n) is 10.1. The molecule has 1 atom stereocenters. The van der Waals surface area contributed by atoms with Gasteiger partial charge in [0.05, 0.1) is 18.5 Å². The number of imidazole rings is 1. The van der Waals surface area contributed by atoms with Crippen LogP contribution in [0.2, 0.25) is 0 Å². The molecule has 0 amide bonds. The number of ether oxygens (including phenoxy) is 1. The molecule has 1 saturated carbocycles. The van der Waals surface area contributed by atoms with Gasteiger partial charge in [-0.1, -0.05) is 11.3 Å². The summed E-state index contributed by atoms with van der Waals surface area (Å²) in [6.07, 6.45) is 6.78. The van der Waals surface area contributed by atoms with Gasteiger partial charge in [-0.3, -0.25) is 0 Å². The maximum Gasteiger partial charge on any atom is 0.232 e.